The van der Waals surface area contributed by atoms with E-state index in [9.17, 15) is 4.79 Å². The van der Waals surface area contributed by atoms with Crippen LogP contribution in [0, 0.1) is 0 Å². The highest BCUT2D eigenvalue weighted by atomic mass is 16.4. The maximum Gasteiger partial charge on any atom is 0.307 e. The lowest BCUT2D eigenvalue weighted by Gasteiger charge is -2.14. The van der Waals surface area contributed by atoms with E-state index in [1.165, 1.54) is 0 Å². The second-order valence-electron chi connectivity index (χ2n) is 3.95. The van der Waals surface area contributed by atoms with Crippen LogP contribution >= 0.6 is 0 Å². The highest BCUT2D eigenvalue weighted by molar-refractivity contribution is 5.85. The van der Waals surface area contributed by atoms with Gasteiger partial charge in [0.2, 0.25) is 0 Å². The summed E-state index contributed by atoms with van der Waals surface area (Å²) in [7, 11) is 0. The number of aliphatic carboxylic acids is 1. The van der Waals surface area contributed by atoms with Crippen LogP contribution in [0.5, 0.6) is 0 Å². The van der Waals surface area contributed by atoms with E-state index >= 15 is 0 Å². The molecule has 0 aromatic heterocycles. The molecule has 1 aromatic carbocycles. The Labute approximate surface area is 94.2 Å². The molecule has 0 radical (unpaired) electrons. The third-order valence-electron chi connectivity index (χ3n) is 2.54. The van der Waals surface area contributed by atoms with Gasteiger partial charge in [-0.05, 0) is 24.6 Å². The second-order valence-corrected chi connectivity index (χ2v) is 3.95. The minimum Gasteiger partial charge on any atom is -0.481 e. The smallest absolute Gasteiger partial charge is 0.307 e. The Kier molecular flexibility index (Phi) is 2.90. The summed E-state index contributed by atoms with van der Waals surface area (Å²) in [5.74, 6) is -0.807. The summed E-state index contributed by atoms with van der Waals surface area (Å²) in [5.41, 5.74) is 2.89. The van der Waals surface area contributed by atoms with Crippen molar-refractivity contribution < 1.29 is 9.90 Å². The lowest BCUT2D eigenvalue weighted by atomic mass is 10.1. The highest BCUT2D eigenvalue weighted by Crippen LogP contribution is 2.20. The molecule has 16 heavy (non-hydrogen) atoms. The molecule has 4 heteroatoms. The Morgan fingerprint density at radius 3 is 3.00 bits per heavy atom. The van der Waals surface area contributed by atoms with Crippen molar-refractivity contribution in [3.8, 4) is 0 Å². The molecule has 1 aliphatic heterocycles. The van der Waals surface area contributed by atoms with Crippen LogP contribution in [-0.4, -0.2) is 23.3 Å². The maximum atomic E-state index is 10.6. The molecule has 0 saturated heterocycles. The number of carboxylic acids is 1. The number of hydrogen-bond acceptors (Lipinski definition) is 3. The first-order valence-corrected chi connectivity index (χ1v) is 5.27. The Morgan fingerprint density at radius 1 is 1.56 bits per heavy atom. The molecule has 0 fully saturated rings. The van der Waals surface area contributed by atoms with Crippen molar-refractivity contribution in [2.24, 2.45) is 5.10 Å². The van der Waals surface area contributed by atoms with Crippen LogP contribution in [0.3, 0.4) is 0 Å². The molecular weight excluding hydrogens is 204 g/mol. The van der Waals surface area contributed by atoms with Gasteiger partial charge in [0, 0.05) is 18.7 Å². The zero-order chi connectivity index (χ0) is 11.5. The van der Waals surface area contributed by atoms with Crippen LogP contribution in [0.25, 0.3) is 0 Å². The van der Waals surface area contributed by atoms with E-state index in [2.05, 4.69) is 5.10 Å². The van der Waals surface area contributed by atoms with Crippen molar-refractivity contribution in [3.63, 3.8) is 0 Å². The van der Waals surface area contributed by atoms with Crippen molar-refractivity contribution in [1.82, 2.24) is 0 Å². The number of hydrazone groups is 1. The summed E-state index contributed by atoms with van der Waals surface area (Å²) in [6, 6.07) is 7.53. The number of rotatable bonds is 3. The molecular formula is C12H14N2O2. The SMILES string of the molecule is CC1=NN(c2cccc(CC(=O)O)c2)CC1. The van der Waals surface area contributed by atoms with Crippen molar-refractivity contribution in [1.29, 1.82) is 0 Å². The molecule has 0 saturated carbocycles. The van der Waals surface area contributed by atoms with Crippen molar-refractivity contribution >= 4 is 17.4 Å². The Bertz CT molecular complexity index is 440. The Hall–Kier alpha value is -1.84. The zero-order valence-corrected chi connectivity index (χ0v) is 9.18. The van der Waals surface area contributed by atoms with Gasteiger partial charge in [0.05, 0.1) is 12.1 Å². The fourth-order valence-corrected chi connectivity index (χ4v) is 1.76. The van der Waals surface area contributed by atoms with Crippen molar-refractivity contribution in [3.05, 3.63) is 29.8 Å². The molecule has 4 nitrogen and oxygen atoms in total. The summed E-state index contributed by atoms with van der Waals surface area (Å²) in [6.07, 6.45) is 1.04. The van der Waals surface area contributed by atoms with Crippen LogP contribution < -0.4 is 5.01 Å². The van der Waals surface area contributed by atoms with Gasteiger partial charge in [-0.1, -0.05) is 12.1 Å². The van der Waals surface area contributed by atoms with Gasteiger partial charge < -0.3 is 5.11 Å². The van der Waals surface area contributed by atoms with Crippen molar-refractivity contribution in [2.45, 2.75) is 19.8 Å². The van der Waals surface area contributed by atoms with Crippen LogP contribution in [0.2, 0.25) is 0 Å². The van der Waals surface area contributed by atoms with E-state index in [1.807, 2.05) is 36.2 Å². The minimum atomic E-state index is -0.807. The third kappa shape index (κ3) is 2.39. The number of carbonyl (C=O) groups is 1. The third-order valence-corrected chi connectivity index (χ3v) is 2.54. The summed E-state index contributed by atoms with van der Waals surface area (Å²) in [5, 5.41) is 15.0. The first-order valence-electron chi connectivity index (χ1n) is 5.27. The van der Waals surface area contributed by atoms with Crippen LogP contribution in [0.4, 0.5) is 5.69 Å². The molecule has 0 amide bonds. The first-order chi connectivity index (χ1) is 7.65. The second kappa shape index (κ2) is 4.35. The average Bonchev–Trinajstić information content (AvgIpc) is 2.64. The maximum absolute atomic E-state index is 10.6. The lowest BCUT2D eigenvalue weighted by molar-refractivity contribution is -0.136. The minimum absolute atomic E-state index is 0.0599. The van der Waals surface area contributed by atoms with Crippen LogP contribution in [0.1, 0.15) is 18.9 Å². The molecule has 1 aliphatic rings. The van der Waals surface area contributed by atoms with E-state index in [0.29, 0.717) is 0 Å². The topological polar surface area (TPSA) is 52.9 Å². The van der Waals surface area contributed by atoms with E-state index in [0.717, 1.165) is 29.9 Å². The summed E-state index contributed by atoms with van der Waals surface area (Å²) in [6.45, 7) is 2.88. The van der Waals surface area contributed by atoms with Gasteiger partial charge >= 0.3 is 5.97 Å². The van der Waals surface area contributed by atoms with E-state index in [1.54, 1.807) is 0 Å². The molecule has 0 unspecified atom stereocenters. The quantitative estimate of drug-likeness (QED) is 0.843. The van der Waals surface area contributed by atoms with Gasteiger partial charge in [-0.15, -0.1) is 0 Å². The predicted molar refractivity (Wildman–Crippen MR) is 62.9 cm³/mol. The molecule has 1 N–H and O–H groups in total. The largest absolute Gasteiger partial charge is 0.481 e. The number of nitrogens with zero attached hydrogens (tertiary/aromatic N) is 2. The molecule has 0 aliphatic carbocycles. The molecule has 2 rings (SSSR count). The molecule has 0 bridgehead atoms. The van der Waals surface area contributed by atoms with E-state index < -0.39 is 5.97 Å². The van der Waals surface area contributed by atoms with Gasteiger partial charge in [0.15, 0.2) is 0 Å². The summed E-state index contributed by atoms with van der Waals surface area (Å²) in [4.78, 5) is 10.6. The molecule has 0 spiro atoms. The highest BCUT2D eigenvalue weighted by Gasteiger charge is 2.13. The van der Waals surface area contributed by atoms with Crippen LogP contribution in [-0.2, 0) is 11.2 Å². The summed E-state index contributed by atoms with van der Waals surface area (Å²) < 4.78 is 0. The fraction of sp³-hybridized carbons (Fsp3) is 0.333. The molecule has 1 aromatic rings. The molecule has 1 heterocycles. The van der Waals surface area contributed by atoms with E-state index in [4.69, 9.17) is 5.11 Å². The Balaban J connectivity index is 2.19. The van der Waals surface area contributed by atoms with Gasteiger partial charge in [-0.3, -0.25) is 9.80 Å². The normalized spacial score (nSPS) is 15.1. The van der Waals surface area contributed by atoms with Gasteiger partial charge in [-0.2, -0.15) is 5.10 Å². The number of hydrogen-bond donors (Lipinski definition) is 1. The standard InChI is InChI=1S/C12H14N2O2/c1-9-5-6-14(13-9)11-4-2-3-10(7-11)8-12(15)16/h2-4,7H,5-6,8H2,1H3,(H,15,16). The molecule has 0 atom stereocenters. The predicted octanol–water partition coefficient (Wildman–Crippen LogP) is 1.90. The monoisotopic (exact) mass is 218 g/mol. The lowest BCUT2D eigenvalue weighted by Crippen LogP contribution is -2.12. The zero-order valence-electron chi connectivity index (χ0n) is 9.18. The summed E-state index contributed by atoms with van der Waals surface area (Å²) >= 11 is 0. The van der Waals surface area contributed by atoms with Gasteiger partial charge in [0.25, 0.3) is 0 Å². The molecule has 84 valence electrons. The number of benzene rings is 1. The van der Waals surface area contributed by atoms with Crippen LogP contribution in [0.15, 0.2) is 29.4 Å². The Morgan fingerprint density at radius 2 is 2.38 bits per heavy atom. The number of carboxylic acid groups (broad SMARTS) is 1. The first kappa shape index (κ1) is 10.7. The van der Waals surface area contributed by atoms with Crippen molar-refractivity contribution in [2.75, 3.05) is 11.6 Å². The number of anilines is 1. The fourth-order valence-electron chi connectivity index (χ4n) is 1.76. The average molecular weight is 218 g/mol. The van der Waals surface area contributed by atoms with Gasteiger partial charge in [-0.25, -0.2) is 0 Å². The van der Waals surface area contributed by atoms with E-state index in [-0.39, 0.29) is 6.42 Å². The van der Waals surface area contributed by atoms with Gasteiger partial charge in [0.1, 0.15) is 0 Å².